The Bertz CT molecular complexity index is 211. The summed E-state index contributed by atoms with van der Waals surface area (Å²) in [5, 5.41) is 6.18. The van der Waals surface area contributed by atoms with Gasteiger partial charge in [0.2, 0.25) is 5.91 Å². The topological polar surface area (TPSA) is 50.4 Å². The number of carbonyl (C=O) groups is 1. The van der Waals surface area contributed by atoms with Crippen molar-refractivity contribution in [2.45, 2.75) is 45.2 Å². The molecule has 1 atom stereocenters. The molecule has 88 valence electrons. The molecule has 1 aliphatic heterocycles. The maximum Gasteiger partial charge on any atom is 0.234 e. The van der Waals surface area contributed by atoms with E-state index in [1.54, 1.807) is 0 Å². The Labute approximate surface area is 91.8 Å². The van der Waals surface area contributed by atoms with Crippen molar-refractivity contribution in [3.63, 3.8) is 0 Å². The minimum absolute atomic E-state index is 0.0637. The van der Waals surface area contributed by atoms with Gasteiger partial charge in [-0.15, -0.1) is 0 Å². The average molecular weight is 214 g/mol. The standard InChI is InChI=1S/C11H22N2O2/c1-4-11(2,3)13-10(14)7-12-9-5-6-15-8-9/h9,12H,4-8H2,1-3H3,(H,13,14). The third-order valence-electron chi connectivity index (χ3n) is 2.84. The molecule has 4 nitrogen and oxygen atoms in total. The molecular weight excluding hydrogens is 192 g/mol. The van der Waals surface area contributed by atoms with E-state index in [2.05, 4.69) is 17.6 Å². The average Bonchev–Trinajstić information content (AvgIpc) is 2.66. The zero-order chi connectivity index (χ0) is 11.3. The highest BCUT2D eigenvalue weighted by atomic mass is 16.5. The van der Waals surface area contributed by atoms with E-state index in [9.17, 15) is 4.79 Å². The maximum absolute atomic E-state index is 11.6. The third-order valence-corrected chi connectivity index (χ3v) is 2.84. The van der Waals surface area contributed by atoms with Crippen molar-refractivity contribution in [1.82, 2.24) is 10.6 Å². The van der Waals surface area contributed by atoms with Crippen molar-refractivity contribution >= 4 is 5.91 Å². The van der Waals surface area contributed by atoms with Gasteiger partial charge in [0.1, 0.15) is 0 Å². The van der Waals surface area contributed by atoms with Crippen molar-refractivity contribution in [2.75, 3.05) is 19.8 Å². The number of hydrogen-bond donors (Lipinski definition) is 2. The molecule has 1 fully saturated rings. The zero-order valence-corrected chi connectivity index (χ0v) is 9.93. The number of ether oxygens (including phenoxy) is 1. The van der Waals surface area contributed by atoms with Gasteiger partial charge in [0.05, 0.1) is 13.2 Å². The molecule has 4 heteroatoms. The molecule has 0 aromatic carbocycles. The van der Waals surface area contributed by atoms with Gasteiger partial charge in [0.25, 0.3) is 0 Å². The number of hydrogen-bond acceptors (Lipinski definition) is 3. The summed E-state index contributed by atoms with van der Waals surface area (Å²) in [6.07, 6.45) is 1.94. The van der Waals surface area contributed by atoms with Gasteiger partial charge in [0.15, 0.2) is 0 Å². The highest BCUT2D eigenvalue weighted by molar-refractivity contribution is 5.78. The van der Waals surface area contributed by atoms with Crippen molar-refractivity contribution in [3.05, 3.63) is 0 Å². The summed E-state index contributed by atoms with van der Waals surface area (Å²) in [6.45, 7) is 8.05. The molecule has 0 aromatic rings. The summed E-state index contributed by atoms with van der Waals surface area (Å²) in [4.78, 5) is 11.6. The fourth-order valence-corrected chi connectivity index (χ4v) is 1.44. The molecule has 1 aliphatic rings. The lowest BCUT2D eigenvalue weighted by molar-refractivity contribution is -0.122. The van der Waals surface area contributed by atoms with Gasteiger partial charge in [-0.1, -0.05) is 6.92 Å². The van der Waals surface area contributed by atoms with Crippen LogP contribution in [0.2, 0.25) is 0 Å². The van der Waals surface area contributed by atoms with E-state index in [0.29, 0.717) is 12.6 Å². The predicted octanol–water partition coefficient (Wildman–Crippen LogP) is 0.670. The first-order chi connectivity index (χ1) is 7.03. The summed E-state index contributed by atoms with van der Waals surface area (Å²) in [5.74, 6) is 0.0637. The lowest BCUT2D eigenvalue weighted by Gasteiger charge is -2.24. The Morgan fingerprint density at radius 1 is 1.53 bits per heavy atom. The maximum atomic E-state index is 11.6. The van der Waals surface area contributed by atoms with Gasteiger partial charge in [-0.05, 0) is 26.7 Å². The van der Waals surface area contributed by atoms with Crippen LogP contribution in [0, 0.1) is 0 Å². The first kappa shape index (κ1) is 12.5. The van der Waals surface area contributed by atoms with Crippen LogP contribution in [0.3, 0.4) is 0 Å². The quantitative estimate of drug-likeness (QED) is 0.707. The predicted molar refractivity (Wildman–Crippen MR) is 59.7 cm³/mol. The first-order valence-electron chi connectivity index (χ1n) is 5.65. The molecule has 15 heavy (non-hydrogen) atoms. The summed E-state index contributed by atoms with van der Waals surface area (Å²) in [5.41, 5.74) is -0.106. The van der Waals surface area contributed by atoms with Crippen molar-refractivity contribution in [1.29, 1.82) is 0 Å². The summed E-state index contributed by atoms with van der Waals surface area (Å²) in [7, 11) is 0. The number of amides is 1. The summed E-state index contributed by atoms with van der Waals surface area (Å²) >= 11 is 0. The molecule has 1 saturated heterocycles. The third kappa shape index (κ3) is 4.62. The van der Waals surface area contributed by atoms with Crippen molar-refractivity contribution in [3.8, 4) is 0 Å². The van der Waals surface area contributed by atoms with Crippen LogP contribution in [0.4, 0.5) is 0 Å². The molecule has 1 amide bonds. The molecule has 1 heterocycles. The second-order valence-electron chi connectivity index (χ2n) is 4.73. The normalized spacial score (nSPS) is 21.7. The van der Waals surface area contributed by atoms with Crippen LogP contribution in [0.1, 0.15) is 33.6 Å². The molecular formula is C11H22N2O2. The molecule has 0 aromatic heterocycles. The van der Waals surface area contributed by atoms with Crippen LogP contribution >= 0.6 is 0 Å². The van der Waals surface area contributed by atoms with Gasteiger partial charge in [-0.3, -0.25) is 4.79 Å². The fourth-order valence-electron chi connectivity index (χ4n) is 1.44. The molecule has 0 spiro atoms. The van der Waals surface area contributed by atoms with Gasteiger partial charge < -0.3 is 15.4 Å². The van der Waals surface area contributed by atoms with E-state index >= 15 is 0 Å². The van der Waals surface area contributed by atoms with Gasteiger partial charge in [0, 0.05) is 18.2 Å². The van der Waals surface area contributed by atoms with Gasteiger partial charge in [-0.2, -0.15) is 0 Å². The Morgan fingerprint density at radius 3 is 2.80 bits per heavy atom. The van der Waals surface area contributed by atoms with Crippen molar-refractivity contribution < 1.29 is 9.53 Å². The number of nitrogens with one attached hydrogen (secondary N) is 2. The number of rotatable bonds is 5. The first-order valence-corrected chi connectivity index (χ1v) is 5.65. The molecule has 0 radical (unpaired) electrons. The minimum atomic E-state index is -0.106. The van der Waals surface area contributed by atoms with Gasteiger partial charge in [-0.25, -0.2) is 0 Å². The molecule has 1 unspecified atom stereocenters. The second kappa shape index (κ2) is 5.47. The van der Waals surface area contributed by atoms with E-state index in [-0.39, 0.29) is 11.4 Å². The van der Waals surface area contributed by atoms with E-state index in [1.807, 2.05) is 13.8 Å². The zero-order valence-electron chi connectivity index (χ0n) is 9.93. The number of carbonyl (C=O) groups excluding carboxylic acids is 1. The highest BCUT2D eigenvalue weighted by Gasteiger charge is 2.19. The molecule has 1 rings (SSSR count). The fraction of sp³-hybridized carbons (Fsp3) is 0.909. The largest absolute Gasteiger partial charge is 0.380 e. The van der Waals surface area contributed by atoms with E-state index in [4.69, 9.17) is 4.74 Å². The Hall–Kier alpha value is -0.610. The van der Waals surface area contributed by atoms with Crippen LogP contribution in [0.25, 0.3) is 0 Å². The molecule has 0 bridgehead atoms. The van der Waals surface area contributed by atoms with Gasteiger partial charge >= 0.3 is 0 Å². The Kier molecular flexibility index (Phi) is 4.54. The lowest BCUT2D eigenvalue weighted by Crippen LogP contribution is -2.48. The summed E-state index contributed by atoms with van der Waals surface area (Å²) in [6, 6.07) is 0.348. The lowest BCUT2D eigenvalue weighted by atomic mass is 10.0. The monoisotopic (exact) mass is 214 g/mol. The highest BCUT2D eigenvalue weighted by Crippen LogP contribution is 2.06. The molecule has 0 saturated carbocycles. The smallest absolute Gasteiger partial charge is 0.234 e. The van der Waals surface area contributed by atoms with E-state index in [1.165, 1.54) is 0 Å². The van der Waals surface area contributed by atoms with Crippen LogP contribution in [-0.2, 0) is 9.53 Å². The molecule has 2 N–H and O–H groups in total. The van der Waals surface area contributed by atoms with Crippen molar-refractivity contribution in [2.24, 2.45) is 0 Å². The minimum Gasteiger partial charge on any atom is -0.380 e. The summed E-state index contributed by atoms with van der Waals surface area (Å²) < 4.78 is 5.22. The van der Waals surface area contributed by atoms with Crippen LogP contribution in [0.5, 0.6) is 0 Å². The van der Waals surface area contributed by atoms with E-state index in [0.717, 1.165) is 26.1 Å². The Morgan fingerprint density at radius 2 is 2.27 bits per heavy atom. The van der Waals surface area contributed by atoms with Crippen LogP contribution in [-0.4, -0.2) is 37.2 Å². The second-order valence-corrected chi connectivity index (χ2v) is 4.73. The SMILES string of the molecule is CCC(C)(C)NC(=O)CNC1CCOC1. The van der Waals surface area contributed by atoms with Crippen LogP contribution in [0.15, 0.2) is 0 Å². The van der Waals surface area contributed by atoms with E-state index < -0.39 is 0 Å². The van der Waals surface area contributed by atoms with Crippen LogP contribution < -0.4 is 10.6 Å². The molecule has 0 aliphatic carbocycles. The Balaban J connectivity index is 2.18.